The zero-order chi connectivity index (χ0) is 18.4. The number of alkyl halides is 3. The topological polar surface area (TPSA) is 81.1 Å². The van der Waals surface area contributed by atoms with Gasteiger partial charge in [-0.25, -0.2) is 4.98 Å². The lowest BCUT2D eigenvalue weighted by atomic mass is 10.1. The van der Waals surface area contributed by atoms with E-state index in [9.17, 15) is 27.6 Å². The molecule has 6 nitrogen and oxygen atoms in total. The first kappa shape index (κ1) is 17.1. The molecule has 2 aromatic rings. The van der Waals surface area contributed by atoms with Crippen molar-refractivity contribution >= 4 is 22.7 Å². The first-order chi connectivity index (χ1) is 11.7. The van der Waals surface area contributed by atoms with E-state index in [2.05, 4.69) is 10.3 Å². The minimum absolute atomic E-state index is 0.0121. The van der Waals surface area contributed by atoms with Crippen molar-refractivity contribution in [2.45, 2.75) is 38.4 Å². The highest BCUT2D eigenvalue weighted by Gasteiger charge is 2.32. The average Bonchev–Trinajstić information content (AvgIpc) is 2.67. The van der Waals surface area contributed by atoms with Gasteiger partial charge in [0.05, 0.1) is 16.5 Å². The van der Waals surface area contributed by atoms with Crippen LogP contribution in [0.15, 0.2) is 23.0 Å². The van der Waals surface area contributed by atoms with Crippen molar-refractivity contribution in [3.63, 3.8) is 0 Å². The largest absolute Gasteiger partial charge is 0.416 e. The van der Waals surface area contributed by atoms with Crippen LogP contribution in [-0.4, -0.2) is 21.4 Å². The van der Waals surface area contributed by atoms with Gasteiger partial charge in [0.25, 0.3) is 5.56 Å². The van der Waals surface area contributed by atoms with Gasteiger partial charge in [0, 0.05) is 6.42 Å². The number of halogens is 3. The minimum atomic E-state index is -4.54. The molecule has 0 radical (unpaired) electrons. The van der Waals surface area contributed by atoms with Crippen LogP contribution >= 0.6 is 0 Å². The van der Waals surface area contributed by atoms with Crippen molar-refractivity contribution in [3.8, 4) is 0 Å². The Morgan fingerprint density at radius 1 is 1.24 bits per heavy atom. The molecule has 1 fully saturated rings. The number of nitrogens with one attached hydrogen (secondary N) is 1. The third kappa shape index (κ3) is 3.13. The van der Waals surface area contributed by atoms with E-state index >= 15 is 0 Å². The number of carbonyl (C=O) groups excluding carboxylic acids is 2. The standard InChI is InChI=1S/C16H14F3N3O3/c1-8-20-11-7-9(16(17,18)19)5-6-10(11)15(25)22(8)12-3-2-4-13(23)21-14(12)24/h5-7,12H,2-4H2,1H3,(H,21,23,24). The summed E-state index contributed by atoms with van der Waals surface area (Å²) in [4.78, 5) is 40.4. The number of carbonyl (C=O) groups is 2. The number of hydrogen-bond acceptors (Lipinski definition) is 4. The number of hydrogen-bond donors (Lipinski definition) is 1. The molecule has 3 rings (SSSR count). The van der Waals surface area contributed by atoms with E-state index in [0.29, 0.717) is 6.42 Å². The molecular formula is C16H14F3N3O3. The van der Waals surface area contributed by atoms with Gasteiger partial charge in [0.1, 0.15) is 11.9 Å². The summed E-state index contributed by atoms with van der Waals surface area (Å²) in [6.45, 7) is 1.45. The van der Waals surface area contributed by atoms with Crippen LogP contribution in [0.3, 0.4) is 0 Å². The van der Waals surface area contributed by atoms with Crippen LogP contribution in [-0.2, 0) is 15.8 Å². The Bertz CT molecular complexity index is 934. The highest BCUT2D eigenvalue weighted by atomic mass is 19.4. The second-order valence-corrected chi connectivity index (χ2v) is 5.88. The highest BCUT2D eigenvalue weighted by molar-refractivity contribution is 5.98. The molecule has 1 N–H and O–H groups in total. The normalized spacial score (nSPS) is 19.0. The van der Waals surface area contributed by atoms with Crippen molar-refractivity contribution < 1.29 is 22.8 Å². The van der Waals surface area contributed by atoms with Gasteiger partial charge < -0.3 is 0 Å². The van der Waals surface area contributed by atoms with E-state index in [1.807, 2.05) is 0 Å². The van der Waals surface area contributed by atoms with E-state index in [1.54, 1.807) is 0 Å². The second kappa shape index (κ2) is 5.98. The van der Waals surface area contributed by atoms with Crippen LogP contribution in [0.25, 0.3) is 10.9 Å². The SMILES string of the molecule is Cc1nc2cc(C(F)(F)F)ccc2c(=O)n1C1CCCC(=O)NC1=O. The summed E-state index contributed by atoms with van der Waals surface area (Å²) < 4.78 is 39.6. The van der Waals surface area contributed by atoms with E-state index in [0.717, 1.165) is 22.8 Å². The molecule has 1 aromatic heterocycles. The van der Waals surface area contributed by atoms with Crippen LogP contribution in [0.1, 0.15) is 36.7 Å². The maximum Gasteiger partial charge on any atom is 0.416 e. The fraction of sp³-hybridized carbons (Fsp3) is 0.375. The van der Waals surface area contributed by atoms with Gasteiger partial charge in [-0.1, -0.05) is 0 Å². The summed E-state index contributed by atoms with van der Waals surface area (Å²) in [6, 6.07) is 1.76. The number of rotatable bonds is 1. The fourth-order valence-corrected chi connectivity index (χ4v) is 2.97. The number of amides is 2. The summed E-state index contributed by atoms with van der Waals surface area (Å²) in [5.74, 6) is -0.908. The maximum atomic E-state index is 12.8. The van der Waals surface area contributed by atoms with Crippen molar-refractivity contribution in [1.82, 2.24) is 14.9 Å². The predicted octanol–water partition coefficient (Wildman–Crippen LogP) is 2.09. The van der Waals surface area contributed by atoms with E-state index in [1.165, 1.54) is 6.92 Å². The Balaban J connectivity index is 2.16. The van der Waals surface area contributed by atoms with Crippen molar-refractivity contribution in [2.24, 2.45) is 0 Å². The maximum absolute atomic E-state index is 12.8. The summed E-state index contributed by atoms with van der Waals surface area (Å²) in [7, 11) is 0. The fourth-order valence-electron chi connectivity index (χ4n) is 2.97. The van der Waals surface area contributed by atoms with E-state index in [4.69, 9.17) is 0 Å². The second-order valence-electron chi connectivity index (χ2n) is 5.88. The average molecular weight is 353 g/mol. The molecule has 25 heavy (non-hydrogen) atoms. The van der Waals surface area contributed by atoms with Crippen molar-refractivity contribution in [2.75, 3.05) is 0 Å². The number of imide groups is 1. The molecule has 9 heteroatoms. The van der Waals surface area contributed by atoms with Crippen LogP contribution < -0.4 is 10.9 Å². The number of aryl methyl sites for hydroxylation is 1. The number of nitrogens with zero attached hydrogens (tertiary/aromatic N) is 2. The highest BCUT2D eigenvalue weighted by Crippen LogP contribution is 2.30. The van der Waals surface area contributed by atoms with Crippen LogP contribution in [0.5, 0.6) is 0 Å². The Morgan fingerprint density at radius 2 is 1.96 bits per heavy atom. The van der Waals surface area contributed by atoms with Gasteiger partial charge in [-0.3, -0.25) is 24.3 Å². The number of fused-ring (bicyclic) bond motifs is 1. The Labute approximate surface area is 139 Å². The van der Waals surface area contributed by atoms with E-state index < -0.39 is 35.2 Å². The first-order valence-corrected chi connectivity index (χ1v) is 7.62. The lowest BCUT2D eigenvalue weighted by Gasteiger charge is -2.19. The first-order valence-electron chi connectivity index (χ1n) is 7.62. The van der Waals surface area contributed by atoms with Gasteiger partial charge in [-0.15, -0.1) is 0 Å². The van der Waals surface area contributed by atoms with Crippen molar-refractivity contribution in [3.05, 3.63) is 39.9 Å². The Hall–Kier alpha value is -2.71. The van der Waals surface area contributed by atoms with Crippen molar-refractivity contribution in [1.29, 1.82) is 0 Å². The zero-order valence-electron chi connectivity index (χ0n) is 13.2. The molecule has 0 aliphatic carbocycles. The molecule has 132 valence electrons. The van der Waals surface area contributed by atoms with Gasteiger partial charge in [0.15, 0.2) is 0 Å². The van der Waals surface area contributed by atoms with Crippen LogP contribution in [0.2, 0.25) is 0 Å². The number of benzene rings is 1. The molecule has 0 bridgehead atoms. The summed E-state index contributed by atoms with van der Waals surface area (Å²) in [5.41, 5.74) is -1.59. The third-order valence-corrected chi connectivity index (χ3v) is 4.16. The quantitative estimate of drug-likeness (QED) is 0.796. The third-order valence-electron chi connectivity index (χ3n) is 4.16. The minimum Gasteiger partial charge on any atom is -0.295 e. The molecule has 2 amide bonds. The molecule has 0 saturated carbocycles. The molecule has 1 unspecified atom stereocenters. The lowest BCUT2D eigenvalue weighted by Crippen LogP contribution is -2.39. The number of aromatic nitrogens is 2. The van der Waals surface area contributed by atoms with Crippen LogP contribution in [0.4, 0.5) is 13.2 Å². The van der Waals surface area contributed by atoms with Gasteiger partial charge in [-0.05, 0) is 38.0 Å². The smallest absolute Gasteiger partial charge is 0.295 e. The molecule has 1 saturated heterocycles. The Morgan fingerprint density at radius 3 is 2.64 bits per heavy atom. The predicted molar refractivity (Wildman–Crippen MR) is 81.8 cm³/mol. The van der Waals surface area contributed by atoms with Crippen LogP contribution in [0, 0.1) is 6.92 Å². The Kier molecular flexibility index (Phi) is 4.09. The molecule has 1 aliphatic heterocycles. The molecule has 1 aromatic carbocycles. The monoisotopic (exact) mass is 353 g/mol. The van der Waals surface area contributed by atoms with Gasteiger partial charge in [-0.2, -0.15) is 13.2 Å². The molecule has 2 heterocycles. The lowest BCUT2D eigenvalue weighted by molar-refractivity contribution is -0.137. The summed E-state index contributed by atoms with van der Waals surface area (Å²) in [6.07, 6.45) is -3.68. The van der Waals surface area contributed by atoms with E-state index in [-0.39, 0.29) is 29.6 Å². The molecule has 1 atom stereocenters. The molecule has 1 aliphatic rings. The molecule has 0 spiro atoms. The summed E-state index contributed by atoms with van der Waals surface area (Å²) >= 11 is 0. The summed E-state index contributed by atoms with van der Waals surface area (Å²) in [5, 5.41) is 2.20. The zero-order valence-corrected chi connectivity index (χ0v) is 13.2. The molecular weight excluding hydrogens is 339 g/mol. The van der Waals surface area contributed by atoms with Gasteiger partial charge >= 0.3 is 6.18 Å². The van der Waals surface area contributed by atoms with Gasteiger partial charge in [0.2, 0.25) is 11.8 Å².